The number of hydrogen-bond acceptors (Lipinski definition) is 1. The molecule has 2 aromatic rings. The summed E-state index contributed by atoms with van der Waals surface area (Å²) in [4.78, 5) is 14.5. The lowest BCUT2D eigenvalue weighted by atomic mass is 9.99. The van der Waals surface area contributed by atoms with Crippen LogP contribution in [0.15, 0.2) is 54.6 Å². The van der Waals surface area contributed by atoms with Gasteiger partial charge in [0.2, 0.25) is 0 Å². The Balaban J connectivity index is 1.68. The summed E-state index contributed by atoms with van der Waals surface area (Å²) >= 11 is 0. The first-order valence-corrected chi connectivity index (χ1v) is 7.89. The van der Waals surface area contributed by atoms with Crippen molar-refractivity contribution in [1.29, 1.82) is 0 Å². The van der Waals surface area contributed by atoms with E-state index >= 15 is 0 Å². The van der Waals surface area contributed by atoms with E-state index in [1.165, 1.54) is 11.1 Å². The van der Waals surface area contributed by atoms with Crippen LogP contribution < -0.4 is 5.32 Å². The molecule has 22 heavy (non-hydrogen) atoms. The zero-order chi connectivity index (χ0) is 15.4. The van der Waals surface area contributed by atoms with E-state index in [-0.39, 0.29) is 12.1 Å². The van der Waals surface area contributed by atoms with Crippen molar-refractivity contribution in [3.8, 4) is 0 Å². The Bertz CT molecular complexity index is 639. The fraction of sp³-hybridized carbons (Fsp3) is 0.316. The summed E-state index contributed by atoms with van der Waals surface area (Å²) < 4.78 is 0. The lowest BCUT2D eigenvalue weighted by Crippen LogP contribution is -2.39. The first kappa shape index (κ1) is 14.6. The van der Waals surface area contributed by atoms with Gasteiger partial charge in [-0.2, -0.15) is 0 Å². The molecule has 3 heteroatoms. The van der Waals surface area contributed by atoms with Gasteiger partial charge < -0.3 is 10.2 Å². The predicted octanol–water partition coefficient (Wildman–Crippen LogP) is 4.04. The lowest BCUT2D eigenvalue weighted by molar-refractivity contribution is 0.192. The maximum atomic E-state index is 12.5. The highest BCUT2D eigenvalue weighted by atomic mass is 16.2. The third kappa shape index (κ3) is 3.14. The SMILES string of the molecule is Cc1ccccc1C1CCCN1C(=O)NCc1ccccc1. The van der Waals surface area contributed by atoms with Crippen LogP contribution in [0.25, 0.3) is 0 Å². The molecule has 3 rings (SSSR count). The smallest absolute Gasteiger partial charge is 0.318 e. The second-order valence-electron chi connectivity index (χ2n) is 5.85. The first-order chi connectivity index (χ1) is 10.8. The molecule has 1 fully saturated rings. The minimum absolute atomic E-state index is 0.0367. The normalized spacial score (nSPS) is 17.5. The number of urea groups is 1. The van der Waals surface area contributed by atoms with Crippen LogP contribution in [-0.2, 0) is 6.54 Å². The summed E-state index contributed by atoms with van der Waals surface area (Å²) in [6, 6.07) is 18.6. The Hall–Kier alpha value is -2.29. The molecule has 1 heterocycles. The molecule has 0 bridgehead atoms. The number of likely N-dealkylation sites (tertiary alicyclic amines) is 1. The third-order valence-electron chi connectivity index (χ3n) is 4.35. The zero-order valence-electron chi connectivity index (χ0n) is 13.0. The summed E-state index contributed by atoms with van der Waals surface area (Å²) in [6.45, 7) is 3.53. The largest absolute Gasteiger partial charge is 0.334 e. The number of nitrogens with one attached hydrogen (secondary N) is 1. The molecule has 114 valence electrons. The molecule has 3 nitrogen and oxygen atoms in total. The molecule has 0 aliphatic carbocycles. The van der Waals surface area contributed by atoms with Crippen molar-refractivity contribution in [2.45, 2.75) is 32.4 Å². The second-order valence-corrected chi connectivity index (χ2v) is 5.85. The quantitative estimate of drug-likeness (QED) is 0.910. The van der Waals surface area contributed by atoms with Gasteiger partial charge in [-0.1, -0.05) is 54.6 Å². The number of carbonyl (C=O) groups excluding carboxylic acids is 1. The minimum Gasteiger partial charge on any atom is -0.334 e. The molecule has 1 aliphatic rings. The van der Waals surface area contributed by atoms with Crippen molar-refractivity contribution in [2.75, 3.05) is 6.54 Å². The maximum Gasteiger partial charge on any atom is 0.318 e. The number of benzene rings is 2. The standard InChI is InChI=1S/C19H22N2O/c1-15-8-5-6-11-17(15)18-12-7-13-21(18)19(22)20-14-16-9-3-2-4-10-16/h2-6,8-11,18H,7,12-14H2,1H3,(H,20,22). The Kier molecular flexibility index (Phi) is 4.42. The topological polar surface area (TPSA) is 32.3 Å². The molecule has 2 aromatic carbocycles. The van der Waals surface area contributed by atoms with Gasteiger partial charge in [0.15, 0.2) is 0 Å². The molecular formula is C19H22N2O. The zero-order valence-corrected chi connectivity index (χ0v) is 13.0. The number of aryl methyl sites for hydroxylation is 1. The van der Waals surface area contributed by atoms with Gasteiger partial charge in [-0.15, -0.1) is 0 Å². The Morgan fingerprint density at radius 1 is 1.14 bits per heavy atom. The van der Waals surface area contributed by atoms with E-state index in [1.807, 2.05) is 41.3 Å². The van der Waals surface area contributed by atoms with Crippen LogP contribution in [0, 0.1) is 6.92 Å². The van der Waals surface area contributed by atoms with Gasteiger partial charge in [0.1, 0.15) is 0 Å². The fourth-order valence-corrected chi connectivity index (χ4v) is 3.17. The number of hydrogen-bond donors (Lipinski definition) is 1. The average Bonchev–Trinajstić information content (AvgIpc) is 3.03. The fourth-order valence-electron chi connectivity index (χ4n) is 3.17. The molecule has 1 saturated heterocycles. The number of nitrogens with zero attached hydrogens (tertiary/aromatic N) is 1. The molecule has 1 aliphatic heterocycles. The molecule has 0 spiro atoms. The van der Waals surface area contributed by atoms with Gasteiger partial charge in [-0.25, -0.2) is 4.79 Å². The van der Waals surface area contributed by atoms with E-state index in [0.717, 1.165) is 24.9 Å². The molecule has 0 radical (unpaired) electrons. The number of amides is 2. The van der Waals surface area contributed by atoms with Gasteiger partial charge in [-0.3, -0.25) is 0 Å². The number of carbonyl (C=O) groups is 1. The number of rotatable bonds is 3. The molecule has 1 atom stereocenters. The summed E-state index contributed by atoms with van der Waals surface area (Å²) in [5.41, 5.74) is 3.66. The second kappa shape index (κ2) is 6.65. The van der Waals surface area contributed by atoms with Crippen molar-refractivity contribution in [2.24, 2.45) is 0 Å². The van der Waals surface area contributed by atoms with Crippen LogP contribution >= 0.6 is 0 Å². The molecule has 1 unspecified atom stereocenters. The van der Waals surface area contributed by atoms with E-state index in [1.54, 1.807) is 0 Å². The maximum absolute atomic E-state index is 12.5. The molecule has 0 aromatic heterocycles. The summed E-state index contributed by atoms with van der Waals surface area (Å²) in [5.74, 6) is 0. The molecule has 1 N–H and O–H groups in total. The Labute approximate surface area is 132 Å². The average molecular weight is 294 g/mol. The Morgan fingerprint density at radius 2 is 1.86 bits per heavy atom. The van der Waals surface area contributed by atoms with Gasteiger partial charge >= 0.3 is 6.03 Å². The van der Waals surface area contributed by atoms with Crippen molar-refractivity contribution >= 4 is 6.03 Å². The van der Waals surface area contributed by atoms with E-state index < -0.39 is 0 Å². The van der Waals surface area contributed by atoms with E-state index in [0.29, 0.717) is 6.54 Å². The van der Waals surface area contributed by atoms with E-state index in [4.69, 9.17) is 0 Å². The molecule has 2 amide bonds. The van der Waals surface area contributed by atoms with Crippen LogP contribution in [0.1, 0.15) is 35.6 Å². The van der Waals surface area contributed by atoms with Crippen molar-refractivity contribution < 1.29 is 4.79 Å². The summed E-state index contributed by atoms with van der Waals surface area (Å²) in [6.07, 6.45) is 2.11. The third-order valence-corrected chi connectivity index (χ3v) is 4.35. The highest BCUT2D eigenvalue weighted by Gasteiger charge is 2.30. The monoisotopic (exact) mass is 294 g/mol. The highest BCUT2D eigenvalue weighted by Crippen LogP contribution is 2.33. The first-order valence-electron chi connectivity index (χ1n) is 7.89. The van der Waals surface area contributed by atoms with Crippen molar-refractivity contribution in [3.63, 3.8) is 0 Å². The summed E-state index contributed by atoms with van der Waals surface area (Å²) in [5, 5.41) is 3.05. The van der Waals surface area contributed by atoms with E-state index in [2.05, 4.69) is 30.4 Å². The van der Waals surface area contributed by atoms with Crippen LogP contribution in [0.5, 0.6) is 0 Å². The summed E-state index contributed by atoms with van der Waals surface area (Å²) in [7, 11) is 0. The van der Waals surface area contributed by atoms with Gasteiger partial charge in [0, 0.05) is 13.1 Å². The molecular weight excluding hydrogens is 272 g/mol. The highest BCUT2D eigenvalue weighted by molar-refractivity contribution is 5.75. The van der Waals surface area contributed by atoms with Crippen LogP contribution in [0.4, 0.5) is 4.79 Å². The Morgan fingerprint density at radius 3 is 2.64 bits per heavy atom. The van der Waals surface area contributed by atoms with Crippen LogP contribution in [0.2, 0.25) is 0 Å². The van der Waals surface area contributed by atoms with Crippen LogP contribution in [-0.4, -0.2) is 17.5 Å². The van der Waals surface area contributed by atoms with Gasteiger partial charge in [0.05, 0.1) is 6.04 Å². The predicted molar refractivity (Wildman–Crippen MR) is 88.5 cm³/mol. The molecule has 0 saturated carbocycles. The van der Waals surface area contributed by atoms with Crippen molar-refractivity contribution in [1.82, 2.24) is 10.2 Å². The van der Waals surface area contributed by atoms with Crippen LogP contribution in [0.3, 0.4) is 0 Å². The lowest BCUT2D eigenvalue weighted by Gasteiger charge is -2.26. The van der Waals surface area contributed by atoms with E-state index in [9.17, 15) is 4.79 Å². The minimum atomic E-state index is 0.0367. The van der Waals surface area contributed by atoms with Gasteiger partial charge in [0.25, 0.3) is 0 Å². The van der Waals surface area contributed by atoms with Gasteiger partial charge in [-0.05, 0) is 36.5 Å². The van der Waals surface area contributed by atoms with Crippen molar-refractivity contribution in [3.05, 3.63) is 71.3 Å².